The van der Waals surface area contributed by atoms with Crippen LogP contribution in [-0.4, -0.2) is 62.4 Å². The number of nitrogens with zero attached hydrogens (tertiary/aromatic N) is 1. The summed E-state index contributed by atoms with van der Waals surface area (Å²) in [4.78, 5) is 38.2. The second kappa shape index (κ2) is 9.78. The first-order valence-electron chi connectivity index (χ1n) is 8.47. The van der Waals surface area contributed by atoms with Crippen LogP contribution in [0.3, 0.4) is 0 Å². The number of nitrogens with one attached hydrogen (secondary N) is 3. The molecule has 0 aliphatic heterocycles. The van der Waals surface area contributed by atoms with Gasteiger partial charge in [0.05, 0.1) is 6.54 Å². The molecule has 3 N–H and O–H groups in total. The standard InChI is InChI=1S/C18H28N4O3/c1-6-22(11-16(23)19-13(2)3)12-17(24)20-15-9-7-14(8-10-15)18(25)21(4)5/h7-10,13H,6,11-12H2,1-5H3,(H,19,23)(H,20,24)/p+1. The zero-order valence-electron chi connectivity index (χ0n) is 15.7. The van der Waals surface area contributed by atoms with Crippen molar-refractivity contribution in [2.45, 2.75) is 26.8 Å². The summed E-state index contributed by atoms with van der Waals surface area (Å²) in [6.07, 6.45) is 0. The highest BCUT2D eigenvalue weighted by atomic mass is 16.2. The van der Waals surface area contributed by atoms with Gasteiger partial charge in [-0.15, -0.1) is 0 Å². The second-order valence-corrected chi connectivity index (χ2v) is 6.50. The number of carbonyl (C=O) groups is 3. The van der Waals surface area contributed by atoms with Crippen molar-refractivity contribution >= 4 is 23.4 Å². The number of hydrogen-bond acceptors (Lipinski definition) is 3. The molecule has 0 aromatic heterocycles. The van der Waals surface area contributed by atoms with E-state index >= 15 is 0 Å². The van der Waals surface area contributed by atoms with E-state index in [1.54, 1.807) is 38.4 Å². The van der Waals surface area contributed by atoms with Gasteiger partial charge in [-0.05, 0) is 45.0 Å². The maximum atomic E-state index is 12.2. The highest BCUT2D eigenvalue weighted by Gasteiger charge is 2.17. The number of benzene rings is 1. The van der Waals surface area contributed by atoms with E-state index in [-0.39, 0.29) is 36.9 Å². The Bertz CT molecular complexity index is 597. The number of likely N-dealkylation sites (N-methyl/N-ethyl adjacent to an activating group) is 1. The molecule has 7 nitrogen and oxygen atoms in total. The Kier molecular flexibility index (Phi) is 8.07. The SMILES string of the molecule is CC[NH+](CC(=O)Nc1ccc(C(=O)N(C)C)cc1)CC(=O)NC(C)C. The third kappa shape index (κ3) is 7.34. The third-order valence-electron chi connectivity index (χ3n) is 3.59. The topological polar surface area (TPSA) is 83.0 Å². The fourth-order valence-electron chi connectivity index (χ4n) is 2.30. The van der Waals surface area contributed by atoms with Crippen LogP contribution in [0, 0.1) is 0 Å². The van der Waals surface area contributed by atoms with E-state index < -0.39 is 0 Å². The minimum Gasteiger partial charge on any atom is -0.349 e. The first kappa shape index (κ1) is 20.6. The summed E-state index contributed by atoms with van der Waals surface area (Å²) in [6, 6.07) is 6.84. The average Bonchev–Trinajstić information content (AvgIpc) is 2.53. The van der Waals surface area contributed by atoms with Gasteiger partial charge in [-0.25, -0.2) is 0 Å². The van der Waals surface area contributed by atoms with Gasteiger partial charge < -0.3 is 20.4 Å². The molecule has 0 bridgehead atoms. The molecule has 0 radical (unpaired) electrons. The van der Waals surface area contributed by atoms with Crippen molar-refractivity contribution < 1.29 is 19.3 Å². The van der Waals surface area contributed by atoms with E-state index in [0.29, 0.717) is 17.8 Å². The van der Waals surface area contributed by atoms with E-state index in [2.05, 4.69) is 10.6 Å². The number of carbonyl (C=O) groups excluding carboxylic acids is 3. The number of rotatable bonds is 8. The smallest absolute Gasteiger partial charge is 0.279 e. The molecule has 0 heterocycles. The van der Waals surface area contributed by atoms with Crippen LogP contribution < -0.4 is 15.5 Å². The van der Waals surface area contributed by atoms with Crippen LogP contribution in [0.5, 0.6) is 0 Å². The summed E-state index contributed by atoms with van der Waals surface area (Å²) in [5.41, 5.74) is 1.19. The molecule has 1 aromatic rings. The largest absolute Gasteiger partial charge is 0.349 e. The highest BCUT2D eigenvalue weighted by Crippen LogP contribution is 2.10. The van der Waals surface area contributed by atoms with Gasteiger partial charge in [0.1, 0.15) is 0 Å². The molecule has 7 heteroatoms. The zero-order valence-corrected chi connectivity index (χ0v) is 15.7. The highest BCUT2D eigenvalue weighted by molar-refractivity contribution is 5.95. The zero-order chi connectivity index (χ0) is 19.0. The molecule has 0 fully saturated rings. The van der Waals surface area contributed by atoms with Gasteiger partial charge in [0, 0.05) is 31.4 Å². The van der Waals surface area contributed by atoms with Gasteiger partial charge in [-0.2, -0.15) is 0 Å². The van der Waals surface area contributed by atoms with Crippen molar-refractivity contribution in [3.63, 3.8) is 0 Å². The van der Waals surface area contributed by atoms with Crippen LogP contribution in [0.15, 0.2) is 24.3 Å². The molecule has 1 atom stereocenters. The van der Waals surface area contributed by atoms with E-state index in [1.807, 2.05) is 20.8 Å². The lowest BCUT2D eigenvalue weighted by Crippen LogP contribution is -3.14. The number of amides is 3. The van der Waals surface area contributed by atoms with Crippen LogP contribution in [-0.2, 0) is 9.59 Å². The van der Waals surface area contributed by atoms with Crippen molar-refractivity contribution in [2.24, 2.45) is 0 Å². The lowest BCUT2D eigenvalue weighted by atomic mass is 10.2. The molecule has 0 aliphatic carbocycles. The summed E-state index contributed by atoms with van der Waals surface area (Å²) in [7, 11) is 3.38. The summed E-state index contributed by atoms with van der Waals surface area (Å²) >= 11 is 0. The van der Waals surface area contributed by atoms with Gasteiger partial charge in [-0.1, -0.05) is 0 Å². The summed E-state index contributed by atoms with van der Waals surface area (Å²) in [5.74, 6) is -0.317. The molecule has 1 aromatic carbocycles. The fourth-order valence-corrected chi connectivity index (χ4v) is 2.30. The molecular formula is C18H29N4O3+. The van der Waals surface area contributed by atoms with Gasteiger partial charge >= 0.3 is 0 Å². The van der Waals surface area contributed by atoms with Crippen LogP contribution in [0.2, 0.25) is 0 Å². The lowest BCUT2D eigenvalue weighted by molar-refractivity contribution is -0.881. The predicted octanol–water partition coefficient (Wildman–Crippen LogP) is -0.244. The van der Waals surface area contributed by atoms with Crippen molar-refractivity contribution in [2.75, 3.05) is 39.0 Å². The molecule has 138 valence electrons. The van der Waals surface area contributed by atoms with Gasteiger partial charge in [0.15, 0.2) is 13.1 Å². The fraction of sp³-hybridized carbons (Fsp3) is 0.500. The van der Waals surface area contributed by atoms with Gasteiger partial charge in [0.25, 0.3) is 17.7 Å². The van der Waals surface area contributed by atoms with E-state index in [9.17, 15) is 14.4 Å². The average molecular weight is 349 g/mol. The molecule has 0 saturated carbocycles. The molecule has 3 amide bonds. The Hall–Kier alpha value is -2.41. The van der Waals surface area contributed by atoms with Crippen LogP contribution in [0.1, 0.15) is 31.1 Å². The second-order valence-electron chi connectivity index (χ2n) is 6.50. The summed E-state index contributed by atoms with van der Waals surface area (Å²) in [5, 5.41) is 5.63. The van der Waals surface area contributed by atoms with E-state index in [4.69, 9.17) is 0 Å². The number of anilines is 1. The van der Waals surface area contributed by atoms with E-state index in [1.165, 1.54) is 4.90 Å². The maximum Gasteiger partial charge on any atom is 0.279 e. The van der Waals surface area contributed by atoms with Crippen molar-refractivity contribution in [1.29, 1.82) is 0 Å². The molecular weight excluding hydrogens is 320 g/mol. The molecule has 0 saturated heterocycles. The molecule has 1 rings (SSSR count). The Balaban J connectivity index is 2.57. The molecule has 0 spiro atoms. The van der Waals surface area contributed by atoms with Crippen LogP contribution in [0.4, 0.5) is 5.69 Å². The minimum absolute atomic E-state index is 0.0637. The van der Waals surface area contributed by atoms with Crippen molar-refractivity contribution in [3.8, 4) is 0 Å². The van der Waals surface area contributed by atoms with Crippen LogP contribution >= 0.6 is 0 Å². The number of quaternary nitrogens is 1. The Labute approximate surface area is 149 Å². The Morgan fingerprint density at radius 3 is 2.08 bits per heavy atom. The first-order chi connectivity index (χ1) is 11.7. The predicted molar refractivity (Wildman–Crippen MR) is 97.6 cm³/mol. The van der Waals surface area contributed by atoms with E-state index in [0.717, 1.165) is 4.90 Å². The quantitative estimate of drug-likeness (QED) is 0.606. The number of hydrogen-bond donors (Lipinski definition) is 3. The van der Waals surface area contributed by atoms with Gasteiger partial charge in [0.2, 0.25) is 0 Å². The Morgan fingerprint density at radius 2 is 1.60 bits per heavy atom. The maximum absolute atomic E-state index is 12.2. The van der Waals surface area contributed by atoms with Crippen molar-refractivity contribution in [3.05, 3.63) is 29.8 Å². The molecule has 25 heavy (non-hydrogen) atoms. The third-order valence-corrected chi connectivity index (χ3v) is 3.59. The van der Waals surface area contributed by atoms with Crippen molar-refractivity contribution in [1.82, 2.24) is 10.2 Å². The van der Waals surface area contributed by atoms with Crippen LogP contribution in [0.25, 0.3) is 0 Å². The Morgan fingerprint density at radius 1 is 1.04 bits per heavy atom. The molecule has 0 aliphatic rings. The minimum atomic E-state index is -0.166. The monoisotopic (exact) mass is 349 g/mol. The normalized spacial score (nSPS) is 11.8. The molecule has 1 unspecified atom stereocenters. The van der Waals surface area contributed by atoms with Gasteiger partial charge in [-0.3, -0.25) is 14.4 Å². The first-order valence-corrected chi connectivity index (χ1v) is 8.47. The summed E-state index contributed by atoms with van der Waals surface area (Å²) in [6.45, 7) is 6.89. The summed E-state index contributed by atoms with van der Waals surface area (Å²) < 4.78 is 0. The lowest BCUT2D eigenvalue weighted by Gasteiger charge is -2.18.